The molecule has 3 aromatic carbocycles. The second-order valence-electron chi connectivity index (χ2n) is 7.87. The molecule has 0 fully saturated rings. The molecule has 1 heterocycles. The number of carbonyl (C=O) groups is 1. The third-order valence-corrected chi connectivity index (χ3v) is 5.55. The van der Waals surface area contributed by atoms with Crippen molar-refractivity contribution in [1.82, 2.24) is 15.5 Å². The molecule has 6 heteroatoms. The van der Waals surface area contributed by atoms with Gasteiger partial charge in [-0.1, -0.05) is 65.8 Å². The van der Waals surface area contributed by atoms with Gasteiger partial charge in [-0.05, 0) is 49.2 Å². The zero-order valence-electron chi connectivity index (χ0n) is 18.8. The van der Waals surface area contributed by atoms with E-state index in [2.05, 4.69) is 15.5 Å². The van der Waals surface area contributed by atoms with Crippen molar-refractivity contribution in [3.8, 4) is 17.1 Å². The summed E-state index contributed by atoms with van der Waals surface area (Å²) < 4.78 is 10.8. The Morgan fingerprint density at radius 2 is 1.55 bits per heavy atom. The van der Waals surface area contributed by atoms with Gasteiger partial charge >= 0.3 is 0 Å². The first-order valence-corrected chi connectivity index (χ1v) is 11.1. The molecule has 168 valence electrons. The average molecular weight is 442 g/mol. The molecule has 0 bridgehead atoms. The predicted molar refractivity (Wildman–Crippen MR) is 127 cm³/mol. The second kappa shape index (κ2) is 10.1. The zero-order chi connectivity index (χ0) is 23.1. The maximum absolute atomic E-state index is 12.9. The highest BCUT2D eigenvalue weighted by Gasteiger charge is 2.30. The van der Waals surface area contributed by atoms with Crippen molar-refractivity contribution in [2.45, 2.75) is 32.2 Å². The van der Waals surface area contributed by atoms with Crippen molar-refractivity contribution in [3.05, 3.63) is 102 Å². The van der Waals surface area contributed by atoms with Gasteiger partial charge in [-0.3, -0.25) is 4.79 Å². The molecule has 4 rings (SSSR count). The van der Waals surface area contributed by atoms with Crippen LogP contribution in [0.15, 0.2) is 89.5 Å². The molecule has 0 aliphatic heterocycles. The molecule has 0 radical (unpaired) electrons. The van der Waals surface area contributed by atoms with E-state index in [4.69, 9.17) is 9.26 Å². The van der Waals surface area contributed by atoms with Gasteiger partial charge in [0.05, 0.1) is 12.1 Å². The van der Waals surface area contributed by atoms with Crippen LogP contribution in [0.3, 0.4) is 0 Å². The van der Waals surface area contributed by atoms with Crippen LogP contribution in [0.4, 0.5) is 0 Å². The highest BCUT2D eigenvalue weighted by atomic mass is 16.5. The third-order valence-electron chi connectivity index (χ3n) is 5.55. The summed E-state index contributed by atoms with van der Waals surface area (Å²) in [5.74, 6) is 1.62. The Morgan fingerprint density at radius 3 is 2.12 bits per heavy atom. The SMILES string of the molecule is CCOc1ccc(-c2noc(CCC(=O)NC(C)(c3ccccc3)c3ccccc3)n2)cc1. The van der Waals surface area contributed by atoms with Crippen LogP contribution in [0.2, 0.25) is 0 Å². The number of rotatable bonds is 9. The number of hydrogen-bond acceptors (Lipinski definition) is 5. The fourth-order valence-corrected chi connectivity index (χ4v) is 3.76. The van der Waals surface area contributed by atoms with E-state index in [1.54, 1.807) is 0 Å². The predicted octanol–water partition coefficient (Wildman–Crippen LogP) is 5.15. The molecule has 0 aliphatic carbocycles. The lowest BCUT2D eigenvalue weighted by Gasteiger charge is -2.32. The van der Waals surface area contributed by atoms with Crippen molar-refractivity contribution in [1.29, 1.82) is 0 Å². The molecule has 33 heavy (non-hydrogen) atoms. The molecule has 0 saturated heterocycles. The van der Waals surface area contributed by atoms with Crippen LogP contribution >= 0.6 is 0 Å². The van der Waals surface area contributed by atoms with E-state index in [0.717, 1.165) is 22.4 Å². The van der Waals surface area contributed by atoms with Gasteiger partial charge in [-0.25, -0.2) is 0 Å². The van der Waals surface area contributed by atoms with Gasteiger partial charge in [-0.15, -0.1) is 0 Å². The molecular formula is C27H27N3O3. The van der Waals surface area contributed by atoms with Crippen molar-refractivity contribution < 1.29 is 14.1 Å². The van der Waals surface area contributed by atoms with Gasteiger partial charge in [0.2, 0.25) is 17.6 Å². The standard InChI is InChI=1S/C27H27N3O3/c1-3-32-23-16-14-20(15-17-23)26-28-25(33-30-26)19-18-24(31)29-27(2,21-10-6-4-7-11-21)22-12-8-5-9-13-22/h4-17H,3,18-19H2,1-2H3,(H,29,31). The molecule has 0 spiro atoms. The van der Waals surface area contributed by atoms with Gasteiger partial charge in [0, 0.05) is 18.4 Å². The lowest BCUT2D eigenvalue weighted by molar-refractivity contribution is -0.122. The number of ether oxygens (including phenoxy) is 1. The van der Waals surface area contributed by atoms with E-state index >= 15 is 0 Å². The van der Waals surface area contributed by atoms with Gasteiger partial charge in [0.1, 0.15) is 5.75 Å². The number of benzene rings is 3. The van der Waals surface area contributed by atoms with Crippen molar-refractivity contribution in [3.63, 3.8) is 0 Å². The lowest BCUT2D eigenvalue weighted by atomic mass is 9.84. The summed E-state index contributed by atoms with van der Waals surface area (Å²) in [5, 5.41) is 7.26. The Hall–Kier alpha value is -3.93. The summed E-state index contributed by atoms with van der Waals surface area (Å²) in [4.78, 5) is 17.4. The van der Waals surface area contributed by atoms with Crippen LogP contribution in [0.25, 0.3) is 11.4 Å². The molecule has 1 aromatic heterocycles. The van der Waals surface area contributed by atoms with Crippen molar-refractivity contribution in [2.75, 3.05) is 6.61 Å². The quantitative estimate of drug-likeness (QED) is 0.389. The van der Waals surface area contributed by atoms with Crippen LogP contribution in [0.5, 0.6) is 5.75 Å². The van der Waals surface area contributed by atoms with Gasteiger partial charge < -0.3 is 14.6 Å². The second-order valence-corrected chi connectivity index (χ2v) is 7.87. The smallest absolute Gasteiger partial charge is 0.227 e. The van der Waals surface area contributed by atoms with Gasteiger partial charge in [-0.2, -0.15) is 4.98 Å². The normalized spacial score (nSPS) is 11.2. The molecule has 6 nitrogen and oxygen atoms in total. The van der Waals surface area contributed by atoms with Crippen LogP contribution in [0.1, 0.15) is 37.3 Å². The van der Waals surface area contributed by atoms with Crippen LogP contribution < -0.4 is 10.1 Å². The first kappa shape index (κ1) is 22.3. The van der Waals surface area contributed by atoms with Gasteiger partial charge in [0.15, 0.2) is 0 Å². The van der Waals surface area contributed by atoms with E-state index in [1.807, 2.05) is 98.8 Å². The number of nitrogens with one attached hydrogen (secondary N) is 1. The Balaban J connectivity index is 1.43. The summed E-state index contributed by atoms with van der Waals surface area (Å²) in [5.41, 5.74) is 2.21. The molecule has 0 atom stereocenters. The number of carbonyl (C=O) groups excluding carboxylic acids is 1. The van der Waals surface area contributed by atoms with Crippen LogP contribution in [-0.2, 0) is 16.8 Å². The van der Waals surface area contributed by atoms with Gasteiger partial charge in [0.25, 0.3) is 0 Å². The van der Waals surface area contributed by atoms with E-state index in [-0.39, 0.29) is 12.3 Å². The molecule has 0 unspecified atom stereocenters. The Morgan fingerprint density at radius 1 is 0.939 bits per heavy atom. The average Bonchev–Trinajstić information content (AvgIpc) is 3.34. The number of amides is 1. The minimum atomic E-state index is -0.651. The molecule has 1 amide bonds. The van der Waals surface area contributed by atoms with E-state index < -0.39 is 5.54 Å². The Bertz CT molecular complexity index is 1130. The first-order valence-electron chi connectivity index (χ1n) is 11.1. The fourth-order valence-electron chi connectivity index (χ4n) is 3.76. The van der Waals surface area contributed by atoms with Crippen LogP contribution in [0, 0.1) is 0 Å². The highest BCUT2D eigenvalue weighted by Crippen LogP contribution is 2.29. The molecule has 1 N–H and O–H groups in total. The molecular weight excluding hydrogens is 414 g/mol. The number of nitrogens with zero attached hydrogens (tertiary/aromatic N) is 2. The summed E-state index contributed by atoms with van der Waals surface area (Å²) in [6, 6.07) is 27.4. The molecule has 4 aromatic rings. The number of aromatic nitrogens is 2. The third kappa shape index (κ3) is 5.29. The van der Waals surface area contributed by atoms with E-state index in [9.17, 15) is 4.79 Å². The zero-order valence-corrected chi connectivity index (χ0v) is 18.8. The summed E-state index contributed by atoms with van der Waals surface area (Å²) in [6.07, 6.45) is 0.593. The number of aryl methyl sites for hydroxylation is 1. The highest BCUT2D eigenvalue weighted by molar-refractivity contribution is 5.78. The minimum Gasteiger partial charge on any atom is -0.494 e. The summed E-state index contributed by atoms with van der Waals surface area (Å²) in [7, 11) is 0. The van der Waals surface area contributed by atoms with E-state index in [0.29, 0.717) is 24.7 Å². The van der Waals surface area contributed by atoms with E-state index in [1.165, 1.54) is 0 Å². The first-order chi connectivity index (χ1) is 16.1. The monoisotopic (exact) mass is 441 g/mol. The minimum absolute atomic E-state index is 0.0916. The molecule has 0 saturated carbocycles. The van der Waals surface area contributed by atoms with Crippen molar-refractivity contribution in [2.24, 2.45) is 0 Å². The topological polar surface area (TPSA) is 77.2 Å². The summed E-state index contributed by atoms with van der Waals surface area (Å²) >= 11 is 0. The maximum Gasteiger partial charge on any atom is 0.227 e. The Labute approximate surface area is 193 Å². The fraction of sp³-hybridized carbons (Fsp3) is 0.222. The lowest BCUT2D eigenvalue weighted by Crippen LogP contribution is -2.44. The Kier molecular flexibility index (Phi) is 6.83. The largest absolute Gasteiger partial charge is 0.494 e. The maximum atomic E-state index is 12.9. The number of hydrogen-bond donors (Lipinski definition) is 1. The van der Waals surface area contributed by atoms with Crippen molar-refractivity contribution >= 4 is 5.91 Å². The molecule has 0 aliphatic rings. The summed E-state index contributed by atoms with van der Waals surface area (Å²) in [6.45, 7) is 4.57. The van der Waals surface area contributed by atoms with Crippen LogP contribution in [-0.4, -0.2) is 22.7 Å².